The molecule has 3 nitrogen and oxygen atoms in total. The van der Waals surface area contributed by atoms with E-state index < -0.39 is 5.82 Å². The molecule has 2 aromatic rings. The lowest BCUT2D eigenvalue weighted by Crippen LogP contribution is -2.09. The lowest BCUT2D eigenvalue weighted by atomic mass is 10.2. The van der Waals surface area contributed by atoms with Crippen LogP contribution in [-0.4, -0.2) is 5.91 Å². The molecule has 0 unspecified atom stereocenters. The van der Waals surface area contributed by atoms with Gasteiger partial charge in [-0.2, -0.15) is 0 Å². The van der Waals surface area contributed by atoms with Crippen LogP contribution < -0.4 is 10.1 Å². The highest BCUT2D eigenvalue weighted by atomic mass is 32.1. The Labute approximate surface area is 94.5 Å². The number of fused-ring (bicyclic) bond motifs is 2. The molecule has 2 heterocycles. The number of carbonyl (C=O) groups excluding carboxylic acids is 1. The molecule has 0 atom stereocenters. The molecule has 0 spiro atoms. The van der Waals surface area contributed by atoms with Gasteiger partial charge in [-0.05, 0) is 12.1 Å². The number of hydrogen-bond donors (Lipinski definition) is 1. The number of thiophene rings is 1. The molecule has 80 valence electrons. The fourth-order valence-corrected chi connectivity index (χ4v) is 2.25. The van der Waals surface area contributed by atoms with Crippen molar-refractivity contribution in [2.75, 3.05) is 5.32 Å². The summed E-state index contributed by atoms with van der Waals surface area (Å²) in [6.45, 7) is 0. The summed E-state index contributed by atoms with van der Waals surface area (Å²) in [6.07, 6.45) is 0. The molecule has 3 rings (SSSR count). The van der Waals surface area contributed by atoms with Gasteiger partial charge in [0.1, 0.15) is 5.82 Å². The van der Waals surface area contributed by atoms with Crippen molar-refractivity contribution in [3.8, 4) is 11.5 Å². The molecule has 0 bridgehead atoms. The van der Waals surface area contributed by atoms with E-state index in [0.717, 1.165) is 0 Å². The van der Waals surface area contributed by atoms with Crippen LogP contribution in [0.15, 0.2) is 29.0 Å². The molecule has 0 saturated carbocycles. The Balaban J connectivity index is 2.16. The number of rotatable bonds is 0. The minimum atomic E-state index is -0.410. The van der Waals surface area contributed by atoms with Crippen molar-refractivity contribution in [3.05, 3.63) is 40.3 Å². The second-order valence-electron chi connectivity index (χ2n) is 3.35. The molecule has 1 aliphatic rings. The molecule has 1 aliphatic heterocycles. The topological polar surface area (TPSA) is 38.3 Å². The maximum Gasteiger partial charge on any atom is 0.260 e. The van der Waals surface area contributed by atoms with Crippen LogP contribution >= 0.6 is 11.3 Å². The predicted molar refractivity (Wildman–Crippen MR) is 58.7 cm³/mol. The van der Waals surface area contributed by atoms with Gasteiger partial charge in [-0.15, -0.1) is 11.3 Å². The van der Waals surface area contributed by atoms with Gasteiger partial charge in [-0.1, -0.05) is 0 Å². The quantitative estimate of drug-likeness (QED) is 0.761. The summed E-state index contributed by atoms with van der Waals surface area (Å²) in [5, 5.41) is 6.05. The highest BCUT2D eigenvalue weighted by Crippen LogP contribution is 2.37. The molecule has 1 aromatic carbocycles. The van der Waals surface area contributed by atoms with E-state index in [9.17, 15) is 9.18 Å². The van der Waals surface area contributed by atoms with Gasteiger partial charge in [-0.25, -0.2) is 4.39 Å². The Morgan fingerprint density at radius 3 is 3.00 bits per heavy atom. The zero-order chi connectivity index (χ0) is 11.1. The molecule has 0 radical (unpaired) electrons. The molecular weight excluding hydrogens is 229 g/mol. The van der Waals surface area contributed by atoms with Crippen molar-refractivity contribution in [2.24, 2.45) is 0 Å². The van der Waals surface area contributed by atoms with E-state index in [4.69, 9.17) is 4.74 Å². The zero-order valence-electron chi connectivity index (χ0n) is 7.99. The Kier molecular flexibility index (Phi) is 1.94. The summed E-state index contributed by atoms with van der Waals surface area (Å²) < 4.78 is 18.5. The van der Waals surface area contributed by atoms with Crippen molar-refractivity contribution in [1.82, 2.24) is 0 Å². The van der Waals surface area contributed by atoms with Gasteiger partial charge in [0.15, 0.2) is 11.5 Å². The highest BCUT2D eigenvalue weighted by molar-refractivity contribution is 7.08. The van der Waals surface area contributed by atoms with Gasteiger partial charge in [0, 0.05) is 16.8 Å². The maximum absolute atomic E-state index is 13.0. The van der Waals surface area contributed by atoms with Gasteiger partial charge < -0.3 is 10.1 Å². The molecule has 5 heteroatoms. The molecule has 0 saturated heterocycles. The number of nitrogens with one attached hydrogen (secondary N) is 1. The fourth-order valence-electron chi connectivity index (χ4n) is 1.53. The van der Waals surface area contributed by atoms with Crippen LogP contribution in [0.4, 0.5) is 10.1 Å². The van der Waals surface area contributed by atoms with E-state index in [2.05, 4.69) is 5.32 Å². The molecule has 1 aromatic heterocycles. The van der Waals surface area contributed by atoms with Crippen LogP contribution in [-0.2, 0) is 0 Å². The van der Waals surface area contributed by atoms with Crippen LogP contribution in [0, 0.1) is 5.82 Å². The first-order chi connectivity index (χ1) is 7.74. The summed E-state index contributed by atoms with van der Waals surface area (Å²) in [4.78, 5) is 11.7. The van der Waals surface area contributed by atoms with Crippen LogP contribution in [0.25, 0.3) is 0 Å². The lowest BCUT2D eigenvalue weighted by molar-refractivity contribution is 0.102. The standard InChI is InChI=1S/C11H6FNO2S/c12-6-1-2-9-8(3-6)13-11(14)7-4-16-5-10(7)15-9/h1-5H,(H,13,14). The number of hydrogen-bond acceptors (Lipinski definition) is 3. The summed E-state index contributed by atoms with van der Waals surface area (Å²) in [5.41, 5.74) is 0.827. The fraction of sp³-hybridized carbons (Fsp3) is 0. The van der Waals surface area contributed by atoms with Crippen LogP contribution in [0.2, 0.25) is 0 Å². The average Bonchev–Trinajstić information content (AvgIpc) is 2.65. The largest absolute Gasteiger partial charge is 0.453 e. The van der Waals surface area contributed by atoms with Crippen molar-refractivity contribution in [2.45, 2.75) is 0 Å². The van der Waals surface area contributed by atoms with Crippen LogP contribution in [0.5, 0.6) is 11.5 Å². The van der Waals surface area contributed by atoms with Gasteiger partial charge in [-0.3, -0.25) is 4.79 Å². The SMILES string of the molecule is O=C1Nc2cc(F)ccc2Oc2cscc21. The Morgan fingerprint density at radius 1 is 1.25 bits per heavy atom. The van der Waals surface area contributed by atoms with Crippen molar-refractivity contribution < 1.29 is 13.9 Å². The van der Waals surface area contributed by atoms with Gasteiger partial charge in [0.25, 0.3) is 5.91 Å². The van der Waals surface area contributed by atoms with Gasteiger partial charge >= 0.3 is 0 Å². The lowest BCUT2D eigenvalue weighted by Gasteiger charge is -2.06. The number of anilines is 1. The summed E-state index contributed by atoms with van der Waals surface area (Å²) in [5.74, 6) is 0.271. The first-order valence-electron chi connectivity index (χ1n) is 4.59. The molecule has 1 N–H and O–H groups in total. The van der Waals surface area contributed by atoms with E-state index in [1.165, 1.54) is 29.5 Å². The Bertz CT molecular complexity index is 579. The second kappa shape index (κ2) is 3.31. The summed E-state index contributed by atoms with van der Waals surface area (Å²) in [7, 11) is 0. The maximum atomic E-state index is 13.0. The average molecular weight is 235 g/mol. The summed E-state index contributed by atoms with van der Waals surface area (Å²) in [6, 6.07) is 4.03. The van der Waals surface area contributed by atoms with Crippen LogP contribution in [0.3, 0.4) is 0 Å². The van der Waals surface area contributed by atoms with E-state index >= 15 is 0 Å². The third-order valence-corrected chi connectivity index (χ3v) is 3.00. The third kappa shape index (κ3) is 1.37. The van der Waals surface area contributed by atoms with Gasteiger partial charge in [0.05, 0.1) is 11.3 Å². The first kappa shape index (κ1) is 9.35. The predicted octanol–water partition coefficient (Wildman–Crippen LogP) is 3.25. The molecule has 16 heavy (non-hydrogen) atoms. The van der Waals surface area contributed by atoms with Crippen molar-refractivity contribution >= 4 is 22.9 Å². The van der Waals surface area contributed by atoms with E-state index in [1.54, 1.807) is 10.8 Å². The number of benzene rings is 1. The number of amides is 1. The molecule has 1 amide bonds. The smallest absolute Gasteiger partial charge is 0.260 e. The highest BCUT2D eigenvalue weighted by Gasteiger charge is 2.21. The molecule has 0 fully saturated rings. The monoisotopic (exact) mass is 235 g/mol. The van der Waals surface area contributed by atoms with E-state index in [-0.39, 0.29) is 5.91 Å². The molecular formula is C11H6FNO2S. The zero-order valence-corrected chi connectivity index (χ0v) is 8.81. The van der Waals surface area contributed by atoms with E-state index in [1.807, 2.05) is 0 Å². The number of ether oxygens (including phenoxy) is 1. The van der Waals surface area contributed by atoms with Crippen LogP contribution in [0.1, 0.15) is 10.4 Å². The van der Waals surface area contributed by atoms with Gasteiger partial charge in [0.2, 0.25) is 0 Å². The Morgan fingerprint density at radius 2 is 2.12 bits per heavy atom. The second-order valence-corrected chi connectivity index (χ2v) is 4.09. The van der Waals surface area contributed by atoms with Crippen molar-refractivity contribution in [1.29, 1.82) is 0 Å². The third-order valence-electron chi connectivity index (χ3n) is 2.28. The summed E-state index contributed by atoms with van der Waals surface area (Å²) >= 11 is 1.39. The number of carbonyl (C=O) groups is 1. The minimum Gasteiger partial charge on any atom is -0.453 e. The number of halogens is 1. The Hall–Kier alpha value is -1.88. The van der Waals surface area contributed by atoms with Crippen molar-refractivity contribution in [3.63, 3.8) is 0 Å². The molecule has 0 aliphatic carbocycles. The first-order valence-corrected chi connectivity index (χ1v) is 5.53. The minimum absolute atomic E-state index is 0.277. The van der Waals surface area contributed by atoms with E-state index in [0.29, 0.717) is 22.7 Å². The normalized spacial score (nSPS) is 13.2.